The highest BCUT2D eigenvalue weighted by Crippen LogP contribution is 2.19. The first kappa shape index (κ1) is 15.1. The quantitative estimate of drug-likeness (QED) is 0.464. The smallest absolute Gasteiger partial charge is 0.339 e. The Balaban J connectivity index is 3.22. The minimum atomic E-state index is -1.01. The van der Waals surface area contributed by atoms with Gasteiger partial charge < -0.3 is 9.47 Å². The van der Waals surface area contributed by atoms with Gasteiger partial charge in [0.2, 0.25) is 0 Å². The number of carbonyl (C=O) groups is 2. The van der Waals surface area contributed by atoms with Crippen LogP contribution in [0.15, 0.2) is 18.2 Å². The molecule has 0 heterocycles. The molecule has 0 aromatic heterocycles. The van der Waals surface area contributed by atoms with Crippen LogP contribution in [0, 0.1) is 21.4 Å². The number of methoxy groups -OCH3 is 1. The van der Waals surface area contributed by atoms with Gasteiger partial charge in [-0.25, -0.2) is 9.59 Å². The van der Waals surface area contributed by atoms with Crippen LogP contribution in [0.1, 0.15) is 27.6 Å². The summed E-state index contributed by atoms with van der Waals surface area (Å²) in [5.74, 6) is -1.76. The third kappa shape index (κ3) is 3.52. The van der Waals surface area contributed by atoms with E-state index in [1.807, 2.05) is 0 Å². The fraction of sp³-hybridized carbons (Fsp3) is 0.250. The SMILES string of the molecule is COC(=O)c1cc(C(=O)O[C@H](C)C#N)cc([N+](=O)[O-])c1. The van der Waals surface area contributed by atoms with Crippen molar-refractivity contribution in [2.24, 2.45) is 0 Å². The van der Waals surface area contributed by atoms with Crippen molar-refractivity contribution in [3.05, 3.63) is 39.4 Å². The number of ether oxygens (including phenoxy) is 2. The van der Waals surface area contributed by atoms with E-state index in [-0.39, 0.29) is 11.1 Å². The Morgan fingerprint density at radius 3 is 2.30 bits per heavy atom. The van der Waals surface area contributed by atoms with Crippen LogP contribution in [0.5, 0.6) is 0 Å². The van der Waals surface area contributed by atoms with Crippen LogP contribution >= 0.6 is 0 Å². The van der Waals surface area contributed by atoms with E-state index in [1.165, 1.54) is 6.92 Å². The zero-order chi connectivity index (χ0) is 15.3. The molecular formula is C12H10N2O6. The van der Waals surface area contributed by atoms with Crippen LogP contribution in [0.25, 0.3) is 0 Å². The molecule has 0 N–H and O–H groups in total. The Bertz CT molecular complexity index is 604. The molecule has 20 heavy (non-hydrogen) atoms. The molecule has 0 saturated heterocycles. The van der Waals surface area contributed by atoms with Crippen molar-refractivity contribution in [2.45, 2.75) is 13.0 Å². The van der Waals surface area contributed by atoms with Crippen molar-refractivity contribution in [1.82, 2.24) is 0 Å². The van der Waals surface area contributed by atoms with Gasteiger partial charge in [-0.05, 0) is 13.0 Å². The van der Waals surface area contributed by atoms with Crippen molar-refractivity contribution >= 4 is 17.6 Å². The topological polar surface area (TPSA) is 120 Å². The standard InChI is InChI=1S/C12H10N2O6/c1-7(6-13)20-12(16)9-3-8(11(15)19-2)4-10(5-9)14(17)18/h3-5,7H,1-2H3/t7-/m1/s1. The molecule has 0 aliphatic rings. The van der Waals surface area contributed by atoms with Crippen LogP contribution in [-0.2, 0) is 9.47 Å². The molecule has 0 spiro atoms. The molecule has 0 unspecified atom stereocenters. The van der Waals surface area contributed by atoms with Crippen molar-refractivity contribution in [1.29, 1.82) is 5.26 Å². The number of rotatable bonds is 4. The number of nitro benzene ring substituents is 1. The summed E-state index contributed by atoms with van der Waals surface area (Å²) in [6.45, 7) is 1.34. The first-order valence-corrected chi connectivity index (χ1v) is 5.37. The molecule has 104 valence electrons. The molecule has 1 aromatic rings. The van der Waals surface area contributed by atoms with Gasteiger partial charge in [0.15, 0.2) is 6.10 Å². The lowest BCUT2D eigenvalue weighted by Gasteiger charge is -2.07. The summed E-state index contributed by atoms with van der Waals surface area (Å²) in [7, 11) is 1.11. The fourth-order valence-electron chi connectivity index (χ4n) is 1.33. The first-order valence-electron chi connectivity index (χ1n) is 5.37. The van der Waals surface area contributed by atoms with E-state index in [4.69, 9.17) is 10.00 Å². The number of nitriles is 1. The van der Waals surface area contributed by atoms with E-state index in [0.717, 1.165) is 25.3 Å². The number of esters is 2. The van der Waals surface area contributed by atoms with Gasteiger partial charge in [0.1, 0.15) is 6.07 Å². The molecule has 1 atom stereocenters. The van der Waals surface area contributed by atoms with Crippen molar-refractivity contribution < 1.29 is 24.0 Å². The van der Waals surface area contributed by atoms with Gasteiger partial charge in [0, 0.05) is 12.1 Å². The summed E-state index contributed by atoms with van der Waals surface area (Å²) in [6, 6.07) is 4.73. The van der Waals surface area contributed by atoms with E-state index in [2.05, 4.69) is 4.74 Å². The molecule has 8 nitrogen and oxygen atoms in total. The van der Waals surface area contributed by atoms with Gasteiger partial charge >= 0.3 is 11.9 Å². The molecule has 0 radical (unpaired) electrons. The van der Waals surface area contributed by atoms with E-state index in [9.17, 15) is 19.7 Å². The predicted octanol–water partition coefficient (Wildman–Crippen LogP) is 1.45. The second kappa shape index (κ2) is 6.29. The maximum absolute atomic E-state index is 11.7. The summed E-state index contributed by atoms with van der Waals surface area (Å²) in [6.07, 6.45) is -1.01. The summed E-state index contributed by atoms with van der Waals surface area (Å²) in [5, 5.41) is 19.3. The minimum absolute atomic E-state index is 0.154. The second-order valence-electron chi connectivity index (χ2n) is 3.69. The highest BCUT2D eigenvalue weighted by Gasteiger charge is 2.20. The van der Waals surface area contributed by atoms with Crippen molar-refractivity contribution in [2.75, 3.05) is 7.11 Å². The Morgan fingerprint density at radius 1 is 1.30 bits per heavy atom. The van der Waals surface area contributed by atoms with Crippen LogP contribution < -0.4 is 0 Å². The number of nitrogens with zero attached hydrogens (tertiary/aromatic N) is 2. The van der Waals surface area contributed by atoms with Crippen LogP contribution in [0.3, 0.4) is 0 Å². The normalized spacial score (nSPS) is 11.1. The van der Waals surface area contributed by atoms with Crippen molar-refractivity contribution in [3.8, 4) is 6.07 Å². The zero-order valence-electron chi connectivity index (χ0n) is 10.7. The summed E-state index contributed by atoms with van der Waals surface area (Å²) in [4.78, 5) is 33.1. The Kier molecular flexibility index (Phi) is 4.75. The highest BCUT2D eigenvalue weighted by atomic mass is 16.6. The average Bonchev–Trinajstić information content (AvgIpc) is 2.45. The van der Waals surface area contributed by atoms with Gasteiger partial charge in [-0.15, -0.1) is 0 Å². The minimum Gasteiger partial charge on any atom is -0.465 e. The van der Waals surface area contributed by atoms with E-state index >= 15 is 0 Å². The molecule has 0 bridgehead atoms. The maximum Gasteiger partial charge on any atom is 0.339 e. The van der Waals surface area contributed by atoms with Gasteiger partial charge in [-0.2, -0.15) is 5.26 Å². The first-order chi connectivity index (χ1) is 9.38. The number of nitro groups is 1. The Labute approximate surface area is 113 Å². The summed E-state index contributed by atoms with van der Waals surface area (Å²) >= 11 is 0. The van der Waals surface area contributed by atoms with Crippen LogP contribution in [0.4, 0.5) is 5.69 Å². The largest absolute Gasteiger partial charge is 0.465 e. The van der Waals surface area contributed by atoms with Crippen LogP contribution in [0.2, 0.25) is 0 Å². The lowest BCUT2D eigenvalue weighted by Crippen LogP contribution is -2.14. The fourth-order valence-corrected chi connectivity index (χ4v) is 1.33. The lowest BCUT2D eigenvalue weighted by atomic mass is 10.1. The molecule has 0 saturated carbocycles. The second-order valence-corrected chi connectivity index (χ2v) is 3.69. The summed E-state index contributed by atoms with van der Waals surface area (Å²) in [5.41, 5.74) is -0.815. The van der Waals surface area contributed by atoms with Gasteiger partial charge in [-0.3, -0.25) is 10.1 Å². The molecule has 0 aliphatic heterocycles. The molecule has 8 heteroatoms. The number of benzene rings is 1. The third-order valence-corrected chi connectivity index (χ3v) is 2.25. The average molecular weight is 278 g/mol. The number of carbonyl (C=O) groups excluding carboxylic acids is 2. The van der Waals surface area contributed by atoms with E-state index < -0.39 is 28.7 Å². The number of hydrogen-bond donors (Lipinski definition) is 0. The highest BCUT2D eigenvalue weighted by molar-refractivity contribution is 5.96. The van der Waals surface area contributed by atoms with Gasteiger partial charge in [0.05, 0.1) is 23.2 Å². The van der Waals surface area contributed by atoms with Gasteiger partial charge in [0.25, 0.3) is 5.69 Å². The predicted molar refractivity (Wildman–Crippen MR) is 64.9 cm³/mol. The van der Waals surface area contributed by atoms with E-state index in [0.29, 0.717) is 0 Å². The number of non-ortho nitro benzene ring substituents is 1. The molecule has 1 aromatic carbocycles. The molecule has 1 rings (SSSR count). The monoisotopic (exact) mass is 278 g/mol. The molecule has 0 fully saturated rings. The summed E-state index contributed by atoms with van der Waals surface area (Å²) < 4.78 is 9.16. The molecule has 0 amide bonds. The van der Waals surface area contributed by atoms with Crippen molar-refractivity contribution in [3.63, 3.8) is 0 Å². The third-order valence-electron chi connectivity index (χ3n) is 2.25. The molecular weight excluding hydrogens is 268 g/mol. The maximum atomic E-state index is 11.7. The molecule has 0 aliphatic carbocycles. The number of hydrogen-bond acceptors (Lipinski definition) is 7. The zero-order valence-corrected chi connectivity index (χ0v) is 10.7. The Hall–Kier alpha value is -2.95. The van der Waals surface area contributed by atoms with E-state index in [1.54, 1.807) is 6.07 Å². The Morgan fingerprint density at radius 2 is 1.85 bits per heavy atom. The van der Waals surface area contributed by atoms with Crippen LogP contribution in [-0.4, -0.2) is 30.1 Å². The lowest BCUT2D eigenvalue weighted by molar-refractivity contribution is -0.384. The van der Waals surface area contributed by atoms with Gasteiger partial charge in [-0.1, -0.05) is 0 Å².